The van der Waals surface area contributed by atoms with Crippen LogP contribution in [0.15, 0.2) is 114 Å². The van der Waals surface area contributed by atoms with Gasteiger partial charge in [0.05, 0.1) is 22.6 Å². The van der Waals surface area contributed by atoms with Crippen LogP contribution >= 0.6 is 0 Å². The molecule has 6 aromatic rings. The van der Waals surface area contributed by atoms with Crippen LogP contribution in [0.25, 0.3) is 38.1 Å². The Kier molecular flexibility index (Phi) is 6.87. The maximum Gasteiger partial charge on any atom is 0.266 e. The Morgan fingerprint density at radius 1 is 0.800 bits per heavy atom. The molecular weight excluding hydrogens is 494 g/mol. The lowest BCUT2D eigenvalue weighted by molar-refractivity contribution is 0.0680. The summed E-state index contributed by atoms with van der Waals surface area (Å²) >= 11 is 0. The van der Waals surface area contributed by atoms with Crippen LogP contribution in [-0.2, 0) is 0 Å². The molecule has 1 unspecified atom stereocenters. The molecule has 1 atom stereocenters. The molecule has 0 fully saturated rings. The van der Waals surface area contributed by atoms with Crippen molar-refractivity contribution in [3.8, 4) is 5.69 Å². The van der Waals surface area contributed by atoms with Gasteiger partial charge in [-0.1, -0.05) is 92.2 Å². The molecule has 5 aromatic carbocycles. The maximum atomic E-state index is 14.3. The summed E-state index contributed by atoms with van der Waals surface area (Å²) < 4.78 is 1.69. The molecule has 1 amide bonds. The van der Waals surface area contributed by atoms with Gasteiger partial charge in [0.2, 0.25) is 0 Å². The van der Waals surface area contributed by atoms with Gasteiger partial charge in [-0.05, 0) is 65.2 Å². The molecule has 0 aliphatic heterocycles. The van der Waals surface area contributed by atoms with Crippen LogP contribution in [0.2, 0.25) is 0 Å². The van der Waals surface area contributed by atoms with Gasteiger partial charge in [-0.3, -0.25) is 14.2 Å². The molecule has 198 valence electrons. The Morgan fingerprint density at radius 2 is 1.48 bits per heavy atom. The second-order valence-electron chi connectivity index (χ2n) is 10.2. The predicted molar refractivity (Wildman–Crippen MR) is 163 cm³/mol. The van der Waals surface area contributed by atoms with Crippen LogP contribution in [0, 0.1) is 0 Å². The van der Waals surface area contributed by atoms with Crippen molar-refractivity contribution in [2.75, 3.05) is 6.54 Å². The van der Waals surface area contributed by atoms with Crippen molar-refractivity contribution in [1.29, 1.82) is 0 Å². The minimum absolute atomic E-state index is 0.0646. The van der Waals surface area contributed by atoms with Gasteiger partial charge in [0.25, 0.3) is 11.5 Å². The highest BCUT2D eigenvalue weighted by Gasteiger charge is 2.28. The van der Waals surface area contributed by atoms with Crippen molar-refractivity contribution < 1.29 is 4.79 Å². The van der Waals surface area contributed by atoms with Crippen molar-refractivity contribution in [3.05, 3.63) is 131 Å². The van der Waals surface area contributed by atoms with Gasteiger partial charge in [-0.25, -0.2) is 4.98 Å². The SMILES string of the molecule is CCCCN(C(=O)c1cccc2ccccc12)C(C)c1nc2ccccc2c(=O)n1-c1ccc2ccccc2c1. The summed E-state index contributed by atoms with van der Waals surface area (Å²) in [6.45, 7) is 4.65. The molecule has 0 saturated heterocycles. The van der Waals surface area contributed by atoms with Crippen LogP contribution in [0.3, 0.4) is 0 Å². The average Bonchev–Trinajstić information content (AvgIpc) is 3.00. The standard InChI is InChI=1S/C35H31N3O2/c1-3-4-22-37(34(39)30-18-11-15-26-13-7-8-16-29(26)30)24(2)33-36-32-19-10-9-17-31(32)35(40)38(33)28-21-20-25-12-5-6-14-27(25)23-28/h5-21,23-24H,3-4,22H2,1-2H3. The van der Waals surface area contributed by atoms with E-state index in [2.05, 4.69) is 13.0 Å². The van der Waals surface area contributed by atoms with Crippen molar-refractivity contribution in [1.82, 2.24) is 14.5 Å². The van der Waals surface area contributed by atoms with Crippen LogP contribution in [0.1, 0.15) is 48.9 Å². The molecule has 0 radical (unpaired) electrons. The molecule has 0 N–H and O–H groups in total. The smallest absolute Gasteiger partial charge is 0.266 e. The number of hydrogen-bond acceptors (Lipinski definition) is 3. The van der Waals surface area contributed by atoms with Crippen LogP contribution in [-0.4, -0.2) is 26.9 Å². The predicted octanol–water partition coefficient (Wildman–Crippen LogP) is 7.70. The summed E-state index contributed by atoms with van der Waals surface area (Å²) in [5.74, 6) is 0.480. The number of carbonyl (C=O) groups excluding carboxylic acids is 1. The molecule has 40 heavy (non-hydrogen) atoms. The molecule has 1 aromatic heterocycles. The summed E-state index contributed by atoms with van der Waals surface area (Å²) in [6, 6.07) is 34.9. The van der Waals surface area contributed by atoms with Gasteiger partial charge >= 0.3 is 0 Å². The summed E-state index contributed by atoms with van der Waals surface area (Å²) in [5, 5.41) is 4.62. The number of carbonyl (C=O) groups is 1. The first-order valence-electron chi connectivity index (χ1n) is 13.9. The summed E-state index contributed by atoms with van der Waals surface area (Å²) in [7, 11) is 0. The van der Waals surface area contributed by atoms with Crippen LogP contribution in [0.5, 0.6) is 0 Å². The minimum atomic E-state index is -0.457. The van der Waals surface area contributed by atoms with E-state index in [0.29, 0.717) is 28.8 Å². The Morgan fingerprint density at radius 3 is 2.27 bits per heavy atom. The topological polar surface area (TPSA) is 55.2 Å². The van der Waals surface area contributed by atoms with Crippen molar-refractivity contribution in [3.63, 3.8) is 0 Å². The fourth-order valence-electron chi connectivity index (χ4n) is 5.50. The van der Waals surface area contributed by atoms with Gasteiger partial charge in [-0.15, -0.1) is 0 Å². The summed E-state index contributed by atoms with van der Waals surface area (Å²) in [4.78, 5) is 35.2. The molecule has 5 heteroatoms. The van der Waals surface area contributed by atoms with E-state index in [4.69, 9.17) is 4.98 Å². The number of hydrogen-bond donors (Lipinski definition) is 0. The zero-order valence-electron chi connectivity index (χ0n) is 22.7. The van der Waals surface area contributed by atoms with Crippen molar-refractivity contribution >= 4 is 38.4 Å². The van der Waals surface area contributed by atoms with Gasteiger partial charge < -0.3 is 4.90 Å². The number of amides is 1. The lowest BCUT2D eigenvalue weighted by atomic mass is 10.0. The Hall–Kier alpha value is -4.77. The second kappa shape index (κ2) is 10.8. The molecule has 0 aliphatic carbocycles. The quantitative estimate of drug-likeness (QED) is 0.215. The molecule has 0 bridgehead atoms. The highest BCUT2D eigenvalue weighted by Crippen LogP contribution is 2.28. The molecule has 0 aliphatic rings. The van der Waals surface area contributed by atoms with E-state index in [1.165, 1.54) is 0 Å². The van der Waals surface area contributed by atoms with E-state index < -0.39 is 6.04 Å². The first-order chi connectivity index (χ1) is 19.6. The highest BCUT2D eigenvalue weighted by molar-refractivity contribution is 6.07. The Bertz CT molecular complexity index is 1920. The molecule has 0 spiro atoms. The summed E-state index contributed by atoms with van der Waals surface area (Å²) in [5.41, 5.74) is 1.87. The van der Waals surface area contributed by atoms with E-state index >= 15 is 0 Å². The number of rotatable bonds is 7. The number of benzene rings is 5. The fourth-order valence-corrected chi connectivity index (χ4v) is 5.50. The van der Waals surface area contributed by atoms with Gasteiger partial charge in [-0.2, -0.15) is 0 Å². The van der Waals surface area contributed by atoms with Gasteiger partial charge in [0.1, 0.15) is 5.82 Å². The third kappa shape index (κ3) is 4.54. The number of aromatic nitrogens is 2. The molecule has 5 nitrogen and oxygen atoms in total. The van der Waals surface area contributed by atoms with E-state index in [-0.39, 0.29) is 11.5 Å². The molecule has 1 heterocycles. The zero-order chi connectivity index (χ0) is 27.6. The molecular formula is C35H31N3O2. The van der Waals surface area contributed by atoms with Crippen LogP contribution in [0.4, 0.5) is 0 Å². The monoisotopic (exact) mass is 525 g/mol. The first-order valence-corrected chi connectivity index (χ1v) is 13.9. The third-order valence-electron chi connectivity index (χ3n) is 7.67. The largest absolute Gasteiger partial charge is 0.329 e. The number of nitrogens with zero attached hydrogens (tertiary/aromatic N) is 3. The van der Waals surface area contributed by atoms with E-state index in [1.807, 2.05) is 115 Å². The van der Waals surface area contributed by atoms with Crippen molar-refractivity contribution in [2.24, 2.45) is 0 Å². The van der Waals surface area contributed by atoms with Gasteiger partial charge in [0, 0.05) is 12.1 Å². The maximum absolute atomic E-state index is 14.3. The lowest BCUT2D eigenvalue weighted by Crippen LogP contribution is -2.38. The van der Waals surface area contributed by atoms with Gasteiger partial charge in [0.15, 0.2) is 0 Å². The summed E-state index contributed by atoms with van der Waals surface area (Å²) in [6.07, 6.45) is 1.78. The first kappa shape index (κ1) is 25.5. The third-order valence-corrected chi connectivity index (χ3v) is 7.67. The lowest BCUT2D eigenvalue weighted by Gasteiger charge is -2.31. The fraction of sp³-hybridized carbons (Fsp3) is 0.171. The Labute approximate surface area is 233 Å². The molecule has 0 saturated carbocycles. The van der Waals surface area contributed by atoms with E-state index in [0.717, 1.165) is 40.1 Å². The zero-order valence-corrected chi connectivity index (χ0v) is 22.7. The highest BCUT2D eigenvalue weighted by atomic mass is 16.2. The van der Waals surface area contributed by atoms with E-state index in [9.17, 15) is 9.59 Å². The van der Waals surface area contributed by atoms with E-state index in [1.54, 1.807) is 4.57 Å². The normalized spacial score (nSPS) is 12.2. The van der Waals surface area contributed by atoms with Crippen molar-refractivity contribution in [2.45, 2.75) is 32.7 Å². The number of fused-ring (bicyclic) bond motifs is 3. The minimum Gasteiger partial charge on any atom is -0.329 e. The number of unbranched alkanes of at least 4 members (excludes halogenated alkanes) is 1. The molecule has 6 rings (SSSR count). The Balaban J connectivity index is 1.55. The number of para-hydroxylation sites is 1. The second-order valence-corrected chi connectivity index (χ2v) is 10.2. The van der Waals surface area contributed by atoms with Crippen LogP contribution < -0.4 is 5.56 Å². The average molecular weight is 526 g/mol.